The Morgan fingerprint density at radius 3 is 2.39 bits per heavy atom. The first-order chi connectivity index (χ1) is 8.29. The van der Waals surface area contributed by atoms with Crippen molar-refractivity contribution in [2.45, 2.75) is 50.2 Å². The molecule has 5 nitrogen and oxygen atoms in total. The van der Waals surface area contributed by atoms with Crippen molar-refractivity contribution in [3.8, 4) is 0 Å². The Balaban J connectivity index is 2.60. The number of halogens is 3. The van der Waals surface area contributed by atoms with Gasteiger partial charge in [-0.15, -0.1) is 0 Å². The zero-order valence-corrected chi connectivity index (χ0v) is 9.76. The van der Waals surface area contributed by atoms with Crippen LogP contribution < -0.4 is 11.1 Å². The molecule has 104 valence electrons. The average molecular weight is 267 g/mol. The van der Waals surface area contributed by atoms with Gasteiger partial charge in [0.2, 0.25) is 5.91 Å². The number of carbonyl (C=O) groups is 1. The van der Waals surface area contributed by atoms with Crippen molar-refractivity contribution in [1.29, 1.82) is 0 Å². The summed E-state index contributed by atoms with van der Waals surface area (Å²) in [6.07, 6.45) is -3.70. The summed E-state index contributed by atoms with van der Waals surface area (Å²) in [5.41, 5.74) is 4.52. The fourth-order valence-corrected chi connectivity index (χ4v) is 2.10. The van der Waals surface area contributed by atoms with E-state index >= 15 is 0 Å². The van der Waals surface area contributed by atoms with E-state index in [1.807, 2.05) is 0 Å². The van der Waals surface area contributed by atoms with Gasteiger partial charge >= 0.3 is 6.18 Å². The van der Waals surface area contributed by atoms with Crippen molar-refractivity contribution in [2.24, 2.45) is 10.9 Å². The molecule has 0 atom stereocenters. The molecule has 1 saturated carbocycles. The standard InChI is InChI=1S/C10H16F3N3O2/c11-10(12,13)6-3-7(17)15-9(8(14)16-18)4-1-2-5-9/h18H,1-6H2,(H2,14,16)(H,15,17). The second-order valence-electron chi connectivity index (χ2n) is 4.44. The number of nitrogens with one attached hydrogen (secondary N) is 1. The van der Waals surface area contributed by atoms with Crippen LogP contribution in [0, 0.1) is 0 Å². The van der Waals surface area contributed by atoms with E-state index in [-0.39, 0.29) is 5.84 Å². The number of amidine groups is 1. The molecule has 1 rings (SSSR count). The first kappa shape index (κ1) is 14.6. The first-order valence-electron chi connectivity index (χ1n) is 5.65. The van der Waals surface area contributed by atoms with Crippen LogP contribution in [-0.2, 0) is 4.79 Å². The predicted octanol–water partition coefficient (Wildman–Crippen LogP) is 1.50. The molecule has 1 aliphatic rings. The molecule has 0 aliphatic heterocycles. The molecule has 0 aromatic carbocycles. The normalized spacial score (nSPS) is 19.8. The lowest BCUT2D eigenvalue weighted by Crippen LogP contribution is -2.55. The van der Waals surface area contributed by atoms with Gasteiger partial charge in [-0.3, -0.25) is 4.79 Å². The van der Waals surface area contributed by atoms with E-state index in [1.54, 1.807) is 0 Å². The van der Waals surface area contributed by atoms with Gasteiger partial charge in [-0.05, 0) is 12.8 Å². The largest absolute Gasteiger partial charge is 0.409 e. The fraction of sp³-hybridized carbons (Fsp3) is 0.800. The second-order valence-corrected chi connectivity index (χ2v) is 4.44. The van der Waals surface area contributed by atoms with E-state index in [2.05, 4.69) is 10.5 Å². The van der Waals surface area contributed by atoms with Crippen LogP contribution in [0.15, 0.2) is 5.16 Å². The van der Waals surface area contributed by atoms with Gasteiger partial charge in [-0.2, -0.15) is 13.2 Å². The monoisotopic (exact) mass is 267 g/mol. The summed E-state index contributed by atoms with van der Waals surface area (Å²) < 4.78 is 35.9. The number of amides is 1. The Morgan fingerprint density at radius 2 is 1.94 bits per heavy atom. The molecule has 0 aromatic heterocycles. The quantitative estimate of drug-likeness (QED) is 0.312. The predicted molar refractivity (Wildman–Crippen MR) is 58.0 cm³/mol. The maximum Gasteiger partial charge on any atom is 0.389 e. The smallest absolute Gasteiger partial charge is 0.389 e. The molecule has 1 amide bonds. The van der Waals surface area contributed by atoms with Gasteiger partial charge in [0.15, 0.2) is 5.84 Å². The minimum atomic E-state index is -4.36. The molecule has 1 aliphatic carbocycles. The molecule has 0 unspecified atom stereocenters. The summed E-state index contributed by atoms with van der Waals surface area (Å²) in [5.74, 6) is -0.888. The number of alkyl halides is 3. The van der Waals surface area contributed by atoms with E-state index in [1.165, 1.54) is 0 Å². The third-order valence-corrected chi connectivity index (χ3v) is 3.07. The Bertz CT molecular complexity index is 336. The van der Waals surface area contributed by atoms with Crippen LogP contribution in [0.25, 0.3) is 0 Å². The molecular weight excluding hydrogens is 251 g/mol. The third-order valence-electron chi connectivity index (χ3n) is 3.07. The highest BCUT2D eigenvalue weighted by Gasteiger charge is 2.40. The van der Waals surface area contributed by atoms with Crippen molar-refractivity contribution in [3.63, 3.8) is 0 Å². The summed E-state index contributed by atoms with van der Waals surface area (Å²) in [6.45, 7) is 0. The zero-order valence-electron chi connectivity index (χ0n) is 9.76. The second kappa shape index (κ2) is 5.45. The van der Waals surface area contributed by atoms with Gasteiger partial charge in [0.1, 0.15) is 5.54 Å². The fourth-order valence-electron chi connectivity index (χ4n) is 2.10. The Hall–Kier alpha value is -1.47. The lowest BCUT2D eigenvalue weighted by atomic mass is 9.95. The molecule has 0 heterocycles. The SMILES string of the molecule is NC(=NO)C1(NC(=O)CCC(F)(F)F)CCCC1. The van der Waals surface area contributed by atoms with Crippen molar-refractivity contribution in [3.05, 3.63) is 0 Å². The van der Waals surface area contributed by atoms with Crippen LogP contribution in [0.1, 0.15) is 38.5 Å². The molecule has 0 aromatic rings. The Labute approximate surface area is 102 Å². The lowest BCUT2D eigenvalue weighted by Gasteiger charge is -2.28. The summed E-state index contributed by atoms with van der Waals surface area (Å²) in [5, 5.41) is 14.0. The van der Waals surface area contributed by atoms with Crippen LogP contribution in [0.4, 0.5) is 13.2 Å². The van der Waals surface area contributed by atoms with Gasteiger partial charge in [0.05, 0.1) is 6.42 Å². The maximum absolute atomic E-state index is 12.0. The molecule has 0 saturated heterocycles. The van der Waals surface area contributed by atoms with Crippen LogP contribution >= 0.6 is 0 Å². The van der Waals surface area contributed by atoms with E-state index in [0.717, 1.165) is 12.8 Å². The summed E-state index contributed by atoms with van der Waals surface area (Å²) >= 11 is 0. The number of oxime groups is 1. The Morgan fingerprint density at radius 1 is 1.39 bits per heavy atom. The van der Waals surface area contributed by atoms with E-state index in [4.69, 9.17) is 10.9 Å². The number of hydrogen-bond acceptors (Lipinski definition) is 3. The van der Waals surface area contributed by atoms with E-state index in [0.29, 0.717) is 12.8 Å². The number of hydrogen-bond donors (Lipinski definition) is 3. The van der Waals surface area contributed by atoms with Crippen LogP contribution in [0.3, 0.4) is 0 Å². The van der Waals surface area contributed by atoms with E-state index < -0.39 is 30.5 Å². The molecular formula is C10H16F3N3O2. The molecule has 0 radical (unpaired) electrons. The van der Waals surface area contributed by atoms with Crippen LogP contribution in [0.5, 0.6) is 0 Å². The topological polar surface area (TPSA) is 87.7 Å². The molecule has 18 heavy (non-hydrogen) atoms. The minimum absolute atomic E-state index is 0.152. The van der Waals surface area contributed by atoms with Gasteiger partial charge < -0.3 is 16.3 Å². The maximum atomic E-state index is 12.0. The first-order valence-corrected chi connectivity index (χ1v) is 5.65. The number of nitrogens with zero attached hydrogens (tertiary/aromatic N) is 1. The highest BCUT2D eigenvalue weighted by atomic mass is 19.4. The van der Waals surface area contributed by atoms with Crippen molar-refractivity contribution >= 4 is 11.7 Å². The van der Waals surface area contributed by atoms with Gasteiger partial charge in [0, 0.05) is 6.42 Å². The molecule has 0 bridgehead atoms. The Kier molecular flexibility index (Phi) is 4.42. The summed E-state index contributed by atoms with van der Waals surface area (Å²) in [7, 11) is 0. The number of nitrogens with two attached hydrogens (primary N) is 1. The number of carbonyl (C=O) groups excluding carboxylic acids is 1. The van der Waals surface area contributed by atoms with Gasteiger partial charge in [0.25, 0.3) is 0 Å². The summed E-state index contributed by atoms with van der Waals surface area (Å²) in [6, 6.07) is 0. The van der Waals surface area contributed by atoms with Gasteiger partial charge in [-0.25, -0.2) is 0 Å². The molecule has 8 heteroatoms. The highest BCUT2D eigenvalue weighted by molar-refractivity contribution is 5.94. The van der Waals surface area contributed by atoms with E-state index in [9.17, 15) is 18.0 Å². The van der Waals surface area contributed by atoms with Crippen LogP contribution in [0.2, 0.25) is 0 Å². The van der Waals surface area contributed by atoms with Crippen molar-refractivity contribution in [2.75, 3.05) is 0 Å². The van der Waals surface area contributed by atoms with Crippen LogP contribution in [-0.4, -0.2) is 28.7 Å². The van der Waals surface area contributed by atoms with Crippen molar-refractivity contribution in [1.82, 2.24) is 5.32 Å². The average Bonchev–Trinajstić information content (AvgIpc) is 2.74. The summed E-state index contributed by atoms with van der Waals surface area (Å²) in [4.78, 5) is 11.5. The third kappa shape index (κ3) is 3.78. The molecule has 1 fully saturated rings. The van der Waals surface area contributed by atoms with Crippen molar-refractivity contribution < 1.29 is 23.2 Å². The number of rotatable bonds is 4. The highest BCUT2D eigenvalue weighted by Crippen LogP contribution is 2.30. The molecule has 0 spiro atoms. The van der Waals surface area contributed by atoms with Gasteiger partial charge in [-0.1, -0.05) is 18.0 Å². The molecule has 4 N–H and O–H groups in total. The zero-order chi connectivity index (χ0) is 13.8. The lowest BCUT2D eigenvalue weighted by molar-refractivity contribution is -0.144. The minimum Gasteiger partial charge on any atom is -0.409 e.